The summed E-state index contributed by atoms with van der Waals surface area (Å²) >= 11 is 0. The summed E-state index contributed by atoms with van der Waals surface area (Å²) in [6, 6.07) is 4.25. The Kier molecular flexibility index (Phi) is 7.23. The number of nitrogens with zero attached hydrogens (tertiary/aromatic N) is 1. The average molecular weight is 501 g/mol. The van der Waals surface area contributed by atoms with Crippen LogP contribution < -0.4 is 5.32 Å². The van der Waals surface area contributed by atoms with Crippen molar-refractivity contribution in [2.75, 3.05) is 18.5 Å². The van der Waals surface area contributed by atoms with Crippen LogP contribution in [0.4, 0.5) is 5.69 Å². The van der Waals surface area contributed by atoms with E-state index in [4.69, 9.17) is 9.47 Å². The van der Waals surface area contributed by atoms with Crippen LogP contribution in [0.25, 0.3) is 0 Å². The third-order valence-corrected chi connectivity index (χ3v) is 8.98. The van der Waals surface area contributed by atoms with E-state index < -0.39 is 41.1 Å². The summed E-state index contributed by atoms with van der Waals surface area (Å²) in [5.74, 6) is -2.75. The first-order chi connectivity index (χ1) is 17.1. The smallest absolute Gasteiger partial charge is 0.312 e. The lowest BCUT2D eigenvalue weighted by atomic mass is 9.65. The van der Waals surface area contributed by atoms with E-state index in [-0.39, 0.29) is 30.9 Å². The number of rotatable bonds is 9. The van der Waals surface area contributed by atoms with E-state index in [2.05, 4.69) is 5.32 Å². The molecule has 1 aromatic carbocycles. The van der Waals surface area contributed by atoms with Crippen LogP contribution in [0.15, 0.2) is 18.2 Å². The van der Waals surface area contributed by atoms with Gasteiger partial charge in [-0.05, 0) is 57.1 Å². The monoisotopic (exact) mass is 500 g/mol. The first-order valence-electron chi connectivity index (χ1n) is 13.3. The third-order valence-electron chi connectivity index (χ3n) is 8.98. The molecule has 2 unspecified atom stereocenters. The lowest BCUT2D eigenvalue weighted by Crippen LogP contribution is -2.57. The molecule has 1 aromatic rings. The summed E-state index contributed by atoms with van der Waals surface area (Å²) in [5, 5.41) is 13.5. The van der Waals surface area contributed by atoms with Crippen molar-refractivity contribution < 1.29 is 29.0 Å². The molecule has 7 atom stereocenters. The number of carbonyl (C=O) groups excluding carboxylic acids is 3. The predicted molar refractivity (Wildman–Crippen MR) is 135 cm³/mol. The second kappa shape index (κ2) is 9.78. The molecular weight excluding hydrogens is 460 g/mol. The van der Waals surface area contributed by atoms with Gasteiger partial charge in [-0.25, -0.2) is 0 Å². The minimum absolute atomic E-state index is 0.0527. The lowest BCUT2D eigenvalue weighted by molar-refractivity contribution is -0.162. The van der Waals surface area contributed by atoms with Gasteiger partial charge in [-0.3, -0.25) is 14.4 Å². The first kappa shape index (κ1) is 26.6. The van der Waals surface area contributed by atoms with Crippen LogP contribution >= 0.6 is 0 Å². The van der Waals surface area contributed by atoms with E-state index in [1.165, 1.54) is 0 Å². The number of carbonyl (C=O) groups is 3. The first-order valence-corrected chi connectivity index (χ1v) is 13.3. The van der Waals surface area contributed by atoms with Gasteiger partial charge in [0.05, 0.1) is 30.8 Å². The number of esters is 1. The highest BCUT2D eigenvalue weighted by Gasteiger charge is 2.79. The Labute approximate surface area is 213 Å². The number of aryl methyl sites for hydroxylation is 2. The Morgan fingerprint density at radius 2 is 1.89 bits per heavy atom. The maximum Gasteiger partial charge on any atom is 0.312 e. The number of nitrogens with one attached hydrogen (secondary N) is 1. The number of hydrogen-bond acceptors (Lipinski definition) is 6. The molecule has 2 amide bonds. The van der Waals surface area contributed by atoms with Crippen molar-refractivity contribution in [3.8, 4) is 0 Å². The molecule has 0 aromatic heterocycles. The molecule has 0 radical (unpaired) electrons. The summed E-state index contributed by atoms with van der Waals surface area (Å²) in [4.78, 5) is 43.2. The van der Waals surface area contributed by atoms with Gasteiger partial charge in [0, 0.05) is 5.69 Å². The molecule has 8 heteroatoms. The number of hydrogen-bond donors (Lipinski definition) is 2. The van der Waals surface area contributed by atoms with E-state index in [0.29, 0.717) is 24.9 Å². The number of aliphatic hydroxyl groups is 1. The van der Waals surface area contributed by atoms with Gasteiger partial charge >= 0.3 is 5.97 Å². The largest absolute Gasteiger partial charge is 0.466 e. The minimum atomic E-state index is -1.15. The SMILES string of the molecule is CCOC(=O)[C@@H]1[C@H]2C(=O)N([C@@H](CO)[C@@H](C)CC)C(C(=O)Nc3c(C)cccc3C)C23CC[C@@]1(CC)O3. The van der Waals surface area contributed by atoms with Crippen LogP contribution in [-0.4, -0.2) is 64.3 Å². The van der Waals surface area contributed by atoms with Crippen LogP contribution in [0.2, 0.25) is 0 Å². The quantitative estimate of drug-likeness (QED) is 0.504. The van der Waals surface area contributed by atoms with Crippen molar-refractivity contribution in [2.24, 2.45) is 17.8 Å². The summed E-state index contributed by atoms with van der Waals surface area (Å²) in [7, 11) is 0. The third kappa shape index (κ3) is 3.76. The number of benzene rings is 1. The van der Waals surface area contributed by atoms with E-state index in [1.54, 1.807) is 11.8 Å². The Morgan fingerprint density at radius 1 is 1.22 bits per heavy atom. The molecule has 3 heterocycles. The van der Waals surface area contributed by atoms with Crippen molar-refractivity contribution in [1.29, 1.82) is 0 Å². The fourth-order valence-electron chi connectivity index (χ4n) is 6.92. The highest BCUT2D eigenvalue weighted by Crippen LogP contribution is 2.65. The van der Waals surface area contributed by atoms with Gasteiger partial charge in [0.1, 0.15) is 17.6 Å². The van der Waals surface area contributed by atoms with Crippen LogP contribution in [-0.2, 0) is 23.9 Å². The molecule has 36 heavy (non-hydrogen) atoms. The average Bonchev–Trinajstić information content (AvgIpc) is 3.46. The van der Waals surface area contributed by atoms with Crippen molar-refractivity contribution in [2.45, 2.75) is 90.5 Å². The molecule has 4 rings (SSSR count). The molecule has 1 spiro atoms. The van der Waals surface area contributed by atoms with Gasteiger partial charge in [-0.2, -0.15) is 0 Å². The summed E-state index contributed by atoms with van der Waals surface area (Å²) in [6.07, 6.45) is 2.33. The van der Waals surface area contributed by atoms with E-state index in [0.717, 1.165) is 17.5 Å². The van der Waals surface area contributed by atoms with Gasteiger partial charge in [-0.15, -0.1) is 0 Å². The Balaban J connectivity index is 1.84. The normalized spacial score (nSPS) is 32.4. The second-order valence-electron chi connectivity index (χ2n) is 10.7. The number of anilines is 1. The van der Waals surface area contributed by atoms with Gasteiger partial charge in [0.15, 0.2) is 0 Å². The molecule has 0 saturated carbocycles. The summed E-state index contributed by atoms with van der Waals surface area (Å²) in [5.41, 5.74) is 0.561. The van der Waals surface area contributed by atoms with Crippen LogP contribution in [0.3, 0.4) is 0 Å². The molecule has 198 valence electrons. The van der Waals surface area contributed by atoms with Crippen molar-refractivity contribution >= 4 is 23.5 Å². The molecule has 3 fully saturated rings. The Hall–Kier alpha value is -2.45. The number of amides is 2. The lowest BCUT2D eigenvalue weighted by Gasteiger charge is -2.39. The molecule has 3 aliphatic rings. The zero-order valence-corrected chi connectivity index (χ0v) is 22.3. The molecule has 3 saturated heterocycles. The number of ether oxygens (including phenoxy) is 2. The summed E-state index contributed by atoms with van der Waals surface area (Å²) in [6.45, 7) is 11.4. The highest BCUT2D eigenvalue weighted by atomic mass is 16.6. The number of likely N-dealkylation sites (tertiary alicyclic amines) is 1. The Bertz CT molecular complexity index is 1020. The molecule has 8 nitrogen and oxygen atoms in total. The molecule has 3 aliphatic heterocycles. The maximum atomic E-state index is 14.2. The van der Waals surface area contributed by atoms with Crippen molar-refractivity contribution in [1.82, 2.24) is 4.90 Å². The zero-order chi connectivity index (χ0) is 26.4. The van der Waals surface area contributed by atoms with Crippen molar-refractivity contribution in [3.05, 3.63) is 29.3 Å². The molecular formula is C28H40N2O6. The molecule has 0 aliphatic carbocycles. The predicted octanol–water partition coefficient (Wildman–Crippen LogP) is 3.37. The van der Waals surface area contributed by atoms with Gasteiger partial charge in [-0.1, -0.05) is 45.4 Å². The van der Waals surface area contributed by atoms with E-state index in [1.807, 2.05) is 52.8 Å². The van der Waals surface area contributed by atoms with Crippen molar-refractivity contribution in [3.63, 3.8) is 0 Å². The fraction of sp³-hybridized carbons (Fsp3) is 0.679. The summed E-state index contributed by atoms with van der Waals surface area (Å²) < 4.78 is 12.2. The van der Waals surface area contributed by atoms with Crippen LogP contribution in [0, 0.1) is 31.6 Å². The maximum absolute atomic E-state index is 14.2. The molecule has 2 bridgehead atoms. The van der Waals surface area contributed by atoms with E-state index in [9.17, 15) is 19.5 Å². The minimum Gasteiger partial charge on any atom is -0.466 e. The number of fused-ring (bicyclic) bond motifs is 1. The highest BCUT2D eigenvalue weighted by molar-refractivity contribution is 6.04. The van der Waals surface area contributed by atoms with Gasteiger partial charge < -0.3 is 24.8 Å². The van der Waals surface area contributed by atoms with Crippen LogP contribution in [0.5, 0.6) is 0 Å². The van der Waals surface area contributed by atoms with Gasteiger partial charge in [0.2, 0.25) is 11.8 Å². The number of aliphatic hydroxyl groups excluding tert-OH is 1. The van der Waals surface area contributed by atoms with Crippen LogP contribution in [0.1, 0.15) is 64.5 Å². The standard InChI is InChI=1S/C28H40N2O6/c1-7-16(4)19(15-31)30-23(24(32)29-22-17(5)11-10-12-18(22)6)28-14-13-27(8-2,36-28)21(20(28)25(30)33)26(34)35-9-3/h10-12,16,19-21,23,31H,7-9,13-15H2,1-6H3,(H,29,32)/t16-,19-,20-,21-,23?,27+,28?/m0/s1. The van der Waals surface area contributed by atoms with Gasteiger partial charge in [0.25, 0.3) is 0 Å². The van der Waals surface area contributed by atoms with E-state index >= 15 is 0 Å². The fourth-order valence-corrected chi connectivity index (χ4v) is 6.92. The Morgan fingerprint density at radius 3 is 2.44 bits per heavy atom. The molecule has 2 N–H and O–H groups in total. The second-order valence-corrected chi connectivity index (χ2v) is 10.7. The topological polar surface area (TPSA) is 105 Å². The zero-order valence-electron chi connectivity index (χ0n) is 22.3. The number of para-hydroxylation sites is 1.